The summed E-state index contributed by atoms with van der Waals surface area (Å²) in [6, 6.07) is 61.1. The maximum Gasteiger partial charge on any atom is 0.252 e. The second kappa shape index (κ2) is 16.8. The molecule has 0 radical (unpaired) electrons. The number of rotatable bonds is 4. The van der Waals surface area contributed by atoms with Gasteiger partial charge in [0, 0.05) is 50.5 Å². The Morgan fingerprint density at radius 3 is 1.40 bits per heavy atom. The van der Waals surface area contributed by atoms with Gasteiger partial charge in [-0.25, -0.2) is 4.98 Å². The van der Waals surface area contributed by atoms with Gasteiger partial charge in [0.25, 0.3) is 6.71 Å². The van der Waals surface area contributed by atoms with E-state index in [2.05, 4.69) is 276 Å². The summed E-state index contributed by atoms with van der Waals surface area (Å²) in [5, 5.41) is 3.54. The predicted molar refractivity (Wildman–Crippen MR) is 327 cm³/mol. The van der Waals surface area contributed by atoms with Crippen molar-refractivity contribution in [3.05, 3.63) is 186 Å². The minimum absolute atomic E-state index is 0.00907. The Morgan fingerprint density at radius 2 is 0.867 bits per heavy atom. The zero-order valence-electron chi connectivity index (χ0n) is 46.8. The van der Waals surface area contributed by atoms with Crippen molar-refractivity contribution in [3.8, 4) is 16.3 Å². The summed E-state index contributed by atoms with van der Waals surface area (Å²) in [6.45, 7) is 34.8. The van der Waals surface area contributed by atoms with Crippen LogP contribution in [-0.4, -0.2) is 16.3 Å². The molecule has 0 amide bonds. The number of hydrogen-bond donors (Lipinski definition) is 0. The van der Waals surface area contributed by atoms with Crippen LogP contribution in [0.5, 0.6) is 0 Å². The van der Waals surface area contributed by atoms with E-state index in [9.17, 15) is 0 Å². The molecule has 75 heavy (non-hydrogen) atoms. The molecule has 0 fully saturated rings. The summed E-state index contributed by atoms with van der Waals surface area (Å²) in [7, 11) is 0. The molecule has 4 heterocycles. The lowest BCUT2D eigenvalue weighted by atomic mass is 9.33. The molecule has 0 saturated carbocycles. The van der Waals surface area contributed by atoms with E-state index in [1.807, 2.05) is 0 Å². The van der Waals surface area contributed by atoms with Crippen LogP contribution in [0.15, 0.2) is 158 Å². The number of hydrogen-bond acceptors (Lipinski definition) is 4. The highest BCUT2D eigenvalue weighted by atomic mass is 32.1. The molecular weight excluding hydrogens is 928 g/mol. The fraction of sp³-hybridized carbons (Fsp3) is 0.290. The average Bonchev–Trinajstić information content (AvgIpc) is 3.96. The molecule has 0 aliphatic carbocycles. The Kier molecular flexibility index (Phi) is 11.0. The molecule has 2 aromatic heterocycles. The lowest BCUT2D eigenvalue weighted by molar-refractivity contribution is 0.568. The van der Waals surface area contributed by atoms with E-state index in [-0.39, 0.29) is 33.8 Å². The third-order valence-corrected chi connectivity index (χ3v) is 17.2. The monoisotopic (exact) mass is 999 g/mol. The predicted octanol–water partition coefficient (Wildman–Crippen LogP) is 17.6. The third-order valence-electron chi connectivity index (χ3n) is 16.2. The maximum absolute atomic E-state index is 5.53. The van der Waals surface area contributed by atoms with Gasteiger partial charge in [-0.15, -0.1) is 11.3 Å². The molecule has 2 aliphatic heterocycles. The van der Waals surface area contributed by atoms with Crippen LogP contribution in [0.1, 0.15) is 132 Å². The fourth-order valence-corrected chi connectivity index (χ4v) is 12.7. The molecule has 4 nitrogen and oxygen atoms in total. The molecule has 0 unspecified atom stereocenters. The molecule has 0 spiro atoms. The van der Waals surface area contributed by atoms with Crippen LogP contribution in [0, 0.1) is 0 Å². The van der Waals surface area contributed by atoms with Crippen molar-refractivity contribution in [3.63, 3.8) is 0 Å². The van der Waals surface area contributed by atoms with Crippen LogP contribution in [0.2, 0.25) is 0 Å². The van der Waals surface area contributed by atoms with Crippen LogP contribution in [0.3, 0.4) is 0 Å². The van der Waals surface area contributed by atoms with Crippen molar-refractivity contribution in [1.82, 2.24) is 9.55 Å². The highest BCUT2D eigenvalue weighted by Gasteiger charge is 2.45. The van der Waals surface area contributed by atoms with Crippen molar-refractivity contribution in [2.45, 2.75) is 131 Å². The second-order valence-corrected chi connectivity index (χ2v) is 27.7. The van der Waals surface area contributed by atoms with Gasteiger partial charge < -0.3 is 14.4 Å². The van der Waals surface area contributed by atoms with Gasteiger partial charge in [0.05, 0.1) is 26.9 Å². The number of fused-ring (bicyclic) bond motifs is 8. The third kappa shape index (κ3) is 8.22. The number of thiazole rings is 1. The summed E-state index contributed by atoms with van der Waals surface area (Å²) in [5.41, 5.74) is 23.1. The van der Waals surface area contributed by atoms with Crippen LogP contribution in [0.25, 0.3) is 48.3 Å². The van der Waals surface area contributed by atoms with Gasteiger partial charge >= 0.3 is 0 Å². The molecular formula is C69H71BN4S. The Bertz CT molecular complexity index is 3830. The number of anilines is 6. The van der Waals surface area contributed by atoms with Crippen LogP contribution in [0.4, 0.5) is 34.1 Å². The Morgan fingerprint density at radius 1 is 0.387 bits per heavy atom. The lowest BCUT2D eigenvalue weighted by Crippen LogP contribution is -2.61. The van der Waals surface area contributed by atoms with E-state index >= 15 is 0 Å². The number of nitrogens with zero attached hydrogens (tertiary/aromatic N) is 4. The van der Waals surface area contributed by atoms with E-state index in [4.69, 9.17) is 4.98 Å². The van der Waals surface area contributed by atoms with Crippen molar-refractivity contribution in [1.29, 1.82) is 0 Å². The summed E-state index contributed by atoms with van der Waals surface area (Å²) in [6.07, 6.45) is 0. The van der Waals surface area contributed by atoms with E-state index < -0.39 is 0 Å². The van der Waals surface area contributed by atoms with Gasteiger partial charge in [-0.3, -0.25) is 0 Å². The zero-order chi connectivity index (χ0) is 52.9. The largest absolute Gasteiger partial charge is 0.311 e. The number of para-hydroxylation sites is 2. The second-order valence-electron chi connectivity index (χ2n) is 26.7. The topological polar surface area (TPSA) is 24.3 Å². The highest BCUT2D eigenvalue weighted by Crippen LogP contribution is 2.49. The van der Waals surface area contributed by atoms with Crippen molar-refractivity contribution in [2.75, 3.05) is 9.80 Å². The molecule has 6 heteroatoms. The van der Waals surface area contributed by atoms with Crippen LogP contribution in [-0.2, 0) is 27.1 Å². The van der Waals surface area contributed by atoms with Crippen LogP contribution < -0.4 is 26.2 Å². The first kappa shape index (κ1) is 49.0. The minimum Gasteiger partial charge on any atom is -0.311 e. The quantitative estimate of drug-likeness (QED) is 0.164. The number of aromatic nitrogens is 2. The molecule has 376 valence electrons. The summed E-state index contributed by atoms with van der Waals surface area (Å²) >= 11 is 1.80. The van der Waals surface area contributed by atoms with Gasteiger partial charge in [0.15, 0.2) is 0 Å². The minimum atomic E-state index is -0.0984. The fourth-order valence-electron chi connectivity index (χ4n) is 11.7. The van der Waals surface area contributed by atoms with Crippen LogP contribution >= 0.6 is 11.3 Å². The molecule has 2 aliphatic rings. The van der Waals surface area contributed by atoms with E-state index in [1.165, 1.54) is 99.1 Å². The standard InChI is InChI=1S/C69H71BN4S/c1-65(2,3)43-26-24-42(25-27-43)64-71-55-40-54-59(41-62(55)75-64)74(49-35-46(68(10,11)12)34-47(36-49)69(13,14)15)61-39-50(73-56-22-18-16-20-51(56)52-21-17-19-23-57(52)73)38-60-63(61)70(54)53-37-45(67(7,8)9)30-33-58(53)72(60)48-31-28-44(29-32-48)66(4,5)6/h16-41H,1-15H3. The molecule has 10 aromatic rings. The summed E-state index contributed by atoms with van der Waals surface area (Å²) in [4.78, 5) is 10.8. The van der Waals surface area contributed by atoms with E-state index in [1.54, 1.807) is 11.3 Å². The van der Waals surface area contributed by atoms with Crippen molar-refractivity contribution >= 4 is 101 Å². The smallest absolute Gasteiger partial charge is 0.252 e. The van der Waals surface area contributed by atoms with Crippen molar-refractivity contribution in [2.24, 2.45) is 0 Å². The number of benzene rings is 8. The Labute approximate surface area is 450 Å². The molecule has 0 atom stereocenters. The maximum atomic E-state index is 5.53. The van der Waals surface area contributed by atoms with E-state index in [0.29, 0.717) is 0 Å². The van der Waals surface area contributed by atoms with Gasteiger partial charge in [0.1, 0.15) is 5.01 Å². The molecule has 0 bridgehead atoms. The first-order valence-electron chi connectivity index (χ1n) is 27.1. The summed E-state index contributed by atoms with van der Waals surface area (Å²) in [5.74, 6) is 0. The SMILES string of the molecule is CC(C)(C)c1ccc(-c2nc3cc4c(cc3s2)N(c2cc(C(C)(C)C)cc(C(C)(C)C)c2)c2cc(-n3c5ccccc5c5ccccc53)cc3c2B4c2cc(C(C)(C)C)ccc2N3c2ccc(C(C)(C)C)cc2)cc1. The highest BCUT2D eigenvalue weighted by molar-refractivity contribution is 7.21. The van der Waals surface area contributed by atoms with Gasteiger partial charge in [0.2, 0.25) is 0 Å². The van der Waals surface area contributed by atoms with E-state index in [0.717, 1.165) is 27.5 Å². The normalized spacial score (nSPS) is 14.0. The first-order valence-corrected chi connectivity index (χ1v) is 27.9. The van der Waals surface area contributed by atoms with Crippen molar-refractivity contribution < 1.29 is 0 Å². The van der Waals surface area contributed by atoms with Gasteiger partial charge in [-0.2, -0.15) is 0 Å². The lowest BCUT2D eigenvalue weighted by Gasteiger charge is -2.45. The molecule has 0 N–H and O–H groups in total. The summed E-state index contributed by atoms with van der Waals surface area (Å²) < 4.78 is 3.69. The Hall–Kier alpha value is -6.89. The molecule has 12 rings (SSSR count). The molecule has 8 aromatic carbocycles. The first-order chi connectivity index (χ1) is 35.3. The molecule has 0 saturated heterocycles. The average molecular weight is 999 g/mol. The van der Waals surface area contributed by atoms with Gasteiger partial charge in [-0.05, 0) is 138 Å². The van der Waals surface area contributed by atoms with Gasteiger partial charge in [-0.1, -0.05) is 195 Å². The zero-order valence-corrected chi connectivity index (χ0v) is 47.6. The Balaban J connectivity index is 1.23.